The van der Waals surface area contributed by atoms with Crippen LogP contribution < -0.4 is 16.6 Å². The summed E-state index contributed by atoms with van der Waals surface area (Å²) in [7, 11) is 2.76. The minimum absolute atomic E-state index is 0.0206. The van der Waals surface area contributed by atoms with E-state index in [-0.39, 0.29) is 12.2 Å². The molecule has 0 aliphatic heterocycles. The van der Waals surface area contributed by atoms with Gasteiger partial charge < -0.3 is 10.4 Å². The average Bonchev–Trinajstić information content (AvgIpc) is 2.31. The van der Waals surface area contributed by atoms with Crippen molar-refractivity contribution in [2.45, 2.75) is 25.8 Å². The lowest BCUT2D eigenvalue weighted by Gasteiger charge is -2.15. The molecule has 0 bridgehead atoms. The number of carboxylic acids is 1. The quantitative estimate of drug-likeness (QED) is 0.710. The van der Waals surface area contributed by atoms with E-state index in [9.17, 15) is 14.4 Å². The molecule has 100 valence electrons. The summed E-state index contributed by atoms with van der Waals surface area (Å²) >= 11 is 0. The first kappa shape index (κ1) is 13.9. The Hall–Kier alpha value is -2.12. The van der Waals surface area contributed by atoms with E-state index in [2.05, 4.69) is 10.4 Å². The van der Waals surface area contributed by atoms with Gasteiger partial charge in [0.15, 0.2) is 0 Å². The van der Waals surface area contributed by atoms with E-state index in [0.29, 0.717) is 6.42 Å². The molecule has 0 aromatic carbocycles. The molecule has 0 aliphatic rings. The van der Waals surface area contributed by atoms with Crippen molar-refractivity contribution in [1.29, 1.82) is 0 Å². The van der Waals surface area contributed by atoms with Crippen LogP contribution in [0, 0.1) is 0 Å². The maximum absolute atomic E-state index is 11.8. The van der Waals surface area contributed by atoms with Gasteiger partial charge in [-0.2, -0.15) is 0 Å². The molecule has 0 aliphatic carbocycles. The monoisotopic (exact) mass is 256 g/mol. The number of carboxylic acid groups (broad SMARTS) is 1. The topological polar surface area (TPSA) is 106 Å². The number of rotatable bonds is 5. The Balaban J connectivity index is 3.08. The summed E-state index contributed by atoms with van der Waals surface area (Å²) < 4.78 is 1.94. The molecule has 2 N–H and O–H groups in total. The van der Waals surface area contributed by atoms with Crippen LogP contribution in [0.2, 0.25) is 0 Å². The lowest BCUT2D eigenvalue weighted by atomic mass is 10.1. The second kappa shape index (κ2) is 5.48. The summed E-state index contributed by atoms with van der Waals surface area (Å²) in [6.07, 6.45) is 0.407. The predicted octanol–water partition coefficient (Wildman–Crippen LogP) is -0.856. The summed E-state index contributed by atoms with van der Waals surface area (Å²) in [6.45, 7) is 1.80. The Morgan fingerprint density at radius 1 is 1.44 bits per heavy atom. The molecular formula is C10H16N4O4. The number of aromatic nitrogens is 3. The molecule has 0 amide bonds. The van der Waals surface area contributed by atoms with E-state index in [1.807, 2.05) is 0 Å². The Kier molecular flexibility index (Phi) is 4.24. The SMILES string of the molecule is CCC(CC(=O)O)Nc1nn(C)c(=O)n(C)c1=O. The number of aryl methyl sites for hydroxylation is 1. The van der Waals surface area contributed by atoms with Crippen molar-refractivity contribution in [3.8, 4) is 0 Å². The normalized spacial score (nSPS) is 12.2. The highest BCUT2D eigenvalue weighted by Gasteiger charge is 2.15. The summed E-state index contributed by atoms with van der Waals surface area (Å²) in [5.74, 6) is -0.983. The van der Waals surface area contributed by atoms with Crippen LogP contribution in [-0.2, 0) is 18.9 Å². The van der Waals surface area contributed by atoms with E-state index in [4.69, 9.17) is 5.11 Å². The molecule has 1 rings (SSSR count). The highest BCUT2D eigenvalue weighted by molar-refractivity contribution is 5.68. The van der Waals surface area contributed by atoms with Crippen LogP contribution in [0.15, 0.2) is 9.59 Å². The smallest absolute Gasteiger partial charge is 0.346 e. The lowest BCUT2D eigenvalue weighted by molar-refractivity contribution is -0.137. The molecule has 0 spiro atoms. The second-order valence-corrected chi connectivity index (χ2v) is 3.97. The van der Waals surface area contributed by atoms with Crippen molar-refractivity contribution in [2.75, 3.05) is 5.32 Å². The van der Waals surface area contributed by atoms with Crippen LogP contribution in [-0.4, -0.2) is 31.5 Å². The third-order valence-electron chi connectivity index (χ3n) is 2.58. The number of aliphatic carboxylic acids is 1. The highest BCUT2D eigenvalue weighted by atomic mass is 16.4. The van der Waals surface area contributed by atoms with E-state index < -0.39 is 23.3 Å². The van der Waals surface area contributed by atoms with Crippen molar-refractivity contribution < 1.29 is 9.90 Å². The predicted molar refractivity (Wildman–Crippen MR) is 64.7 cm³/mol. The summed E-state index contributed by atoms with van der Waals surface area (Å²) in [5, 5.41) is 15.3. The van der Waals surface area contributed by atoms with E-state index in [1.54, 1.807) is 6.92 Å². The van der Waals surface area contributed by atoms with Gasteiger partial charge in [0.1, 0.15) is 0 Å². The standard InChI is InChI=1S/C10H16N4O4/c1-4-6(5-7(15)16)11-8-9(17)13(2)10(18)14(3)12-8/h6H,4-5H2,1-3H3,(H,11,12)(H,15,16). The molecule has 1 atom stereocenters. The molecule has 0 fully saturated rings. The third kappa shape index (κ3) is 2.96. The van der Waals surface area contributed by atoms with Gasteiger partial charge >= 0.3 is 11.7 Å². The highest BCUT2D eigenvalue weighted by Crippen LogP contribution is 2.03. The Labute approximate surface area is 103 Å². The van der Waals surface area contributed by atoms with Gasteiger partial charge in [0.2, 0.25) is 5.82 Å². The Morgan fingerprint density at radius 2 is 2.06 bits per heavy atom. The molecule has 0 radical (unpaired) electrons. The summed E-state index contributed by atoms with van der Waals surface area (Å²) in [6, 6.07) is -0.403. The van der Waals surface area contributed by atoms with Crippen LogP contribution in [0.5, 0.6) is 0 Å². The molecule has 8 nitrogen and oxygen atoms in total. The van der Waals surface area contributed by atoms with Gasteiger partial charge in [-0.25, -0.2) is 9.48 Å². The van der Waals surface area contributed by atoms with Crippen molar-refractivity contribution >= 4 is 11.8 Å². The molecule has 1 heterocycles. The number of nitrogens with zero attached hydrogens (tertiary/aromatic N) is 3. The minimum atomic E-state index is -0.962. The van der Waals surface area contributed by atoms with Crippen molar-refractivity contribution in [2.24, 2.45) is 14.1 Å². The molecule has 1 aromatic heterocycles. The van der Waals surface area contributed by atoms with Gasteiger partial charge in [0.25, 0.3) is 5.56 Å². The number of nitrogens with one attached hydrogen (secondary N) is 1. The van der Waals surface area contributed by atoms with Gasteiger partial charge in [-0.15, -0.1) is 5.10 Å². The van der Waals surface area contributed by atoms with Gasteiger partial charge in [0.05, 0.1) is 6.42 Å². The molecule has 18 heavy (non-hydrogen) atoms. The van der Waals surface area contributed by atoms with Crippen LogP contribution in [0.25, 0.3) is 0 Å². The Bertz CT molecular complexity index is 560. The molecule has 8 heteroatoms. The number of hydrogen-bond acceptors (Lipinski definition) is 5. The molecule has 1 unspecified atom stereocenters. The van der Waals surface area contributed by atoms with Crippen LogP contribution >= 0.6 is 0 Å². The first-order chi connectivity index (χ1) is 8.36. The molecule has 0 saturated heterocycles. The number of hydrogen-bond donors (Lipinski definition) is 2. The Morgan fingerprint density at radius 3 is 2.56 bits per heavy atom. The van der Waals surface area contributed by atoms with Gasteiger partial charge in [0, 0.05) is 20.1 Å². The largest absolute Gasteiger partial charge is 0.481 e. The zero-order valence-electron chi connectivity index (χ0n) is 10.5. The number of carbonyl (C=O) groups is 1. The molecule has 0 saturated carbocycles. The maximum atomic E-state index is 11.8. The average molecular weight is 256 g/mol. The lowest BCUT2D eigenvalue weighted by Crippen LogP contribution is -2.41. The van der Waals surface area contributed by atoms with Crippen LogP contribution in [0.4, 0.5) is 5.82 Å². The fourth-order valence-electron chi connectivity index (χ4n) is 1.49. The zero-order valence-corrected chi connectivity index (χ0v) is 10.5. The fourth-order valence-corrected chi connectivity index (χ4v) is 1.49. The molecule has 1 aromatic rings. The second-order valence-electron chi connectivity index (χ2n) is 3.97. The van der Waals surface area contributed by atoms with E-state index >= 15 is 0 Å². The molecular weight excluding hydrogens is 240 g/mol. The van der Waals surface area contributed by atoms with Gasteiger partial charge in [-0.1, -0.05) is 6.92 Å². The third-order valence-corrected chi connectivity index (χ3v) is 2.58. The van der Waals surface area contributed by atoms with Crippen LogP contribution in [0.1, 0.15) is 19.8 Å². The number of anilines is 1. The summed E-state index contributed by atoms with van der Waals surface area (Å²) in [5.41, 5.74) is -1.10. The minimum Gasteiger partial charge on any atom is -0.481 e. The maximum Gasteiger partial charge on any atom is 0.346 e. The first-order valence-electron chi connectivity index (χ1n) is 5.49. The van der Waals surface area contributed by atoms with E-state index in [1.165, 1.54) is 14.1 Å². The van der Waals surface area contributed by atoms with Crippen molar-refractivity contribution in [3.05, 3.63) is 20.8 Å². The summed E-state index contributed by atoms with van der Waals surface area (Å²) in [4.78, 5) is 33.8. The van der Waals surface area contributed by atoms with Gasteiger partial charge in [-0.3, -0.25) is 14.2 Å². The van der Waals surface area contributed by atoms with Crippen LogP contribution in [0.3, 0.4) is 0 Å². The van der Waals surface area contributed by atoms with Crippen molar-refractivity contribution in [1.82, 2.24) is 14.3 Å². The fraction of sp³-hybridized carbons (Fsp3) is 0.600. The van der Waals surface area contributed by atoms with Crippen molar-refractivity contribution in [3.63, 3.8) is 0 Å². The zero-order chi connectivity index (χ0) is 13.9. The van der Waals surface area contributed by atoms with Gasteiger partial charge in [-0.05, 0) is 6.42 Å². The first-order valence-corrected chi connectivity index (χ1v) is 5.49. The van der Waals surface area contributed by atoms with E-state index in [0.717, 1.165) is 9.25 Å².